The van der Waals surface area contributed by atoms with Gasteiger partial charge < -0.3 is 18.9 Å². The molecule has 7 aromatic carbocycles. The number of benzene rings is 7. The van der Waals surface area contributed by atoms with Crippen LogP contribution in [0.3, 0.4) is 0 Å². The predicted octanol–water partition coefficient (Wildman–Crippen LogP) is 24.9. The SMILES string of the molecule is CC(C)c1cc(Cl)ccc1Cl.CC(C)c1cc(OCC(F)F)ccc1Cl.CCOc1ccc(Cl)c(C(C)C)c1.COc1ccc(Br)c(C(C)C)c1.COc1ccc(Cl)c(C(C)C)c1.Cc1ccccc1C(C)C.Cc1ccccc1Cl. The molecular weight excluding hydrogens is 1210 g/mol. The second-order valence-corrected chi connectivity index (χ2v) is 23.8. The Bertz CT molecular complexity index is 2810. The van der Waals surface area contributed by atoms with E-state index in [0.717, 1.165) is 74.7 Å². The van der Waals surface area contributed by atoms with Gasteiger partial charge in [0, 0.05) is 34.6 Å². The van der Waals surface area contributed by atoms with E-state index in [1.807, 2.05) is 113 Å². The van der Waals surface area contributed by atoms with Crippen molar-refractivity contribution in [3.63, 3.8) is 0 Å². The second kappa shape index (κ2) is 40.1. The summed E-state index contributed by atoms with van der Waals surface area (Å²) in [6, 6.07) is 44.4. The van der Waals surface area contributed by atoms with Crippen LogP contribution in [0.5, 0.6) is 23.0 Å². The number of hydrogen-bond acceptors (Lipinski definition) is 4. The molecule has 0 aliphatic carbocycles. The summed E-state index contributed by atoms with van der Waals surface area (Å²) in [5.41, 5.74) is 9.58. The number of alkyl halides is 2. The Kier molecular flexibility index (Phi) is 37.1. The molecular formula is C68H85BrCl6F2O4. The van der Waals surface area contributed by atoms with Crippen LogP contribution in [0.1, 0.15) is 170 Å². The Morgan fingerprint density at radius 2 is 0.728 bits per heavy atom. The topological polar surface area (TPSA) is 36.9 Å². The highest BCUT2D eigenvalue weighted by molar-refractivity contribution is 9.10. The first kappa shape index (κ1) is 74.8. The lowest BCUT2D eigenvalue weighted by molar-refractivity contribution is 0.0818. The molecule has 444 valence electrons. The van der Waals surface area contributed by atoms with Crippen molar-refractivity contribution in [1.82, 2.24) is 0 Å². The zero-order chi connectivity index (χ0) is 61.5. The van der Waals surface area contributed by atoms with Crippen LogP contribution >= 0.6 is 85.5 Å². The van der Waals surface area contributed by atoms with E-state index in [-0.39, 0.29) is 5.92 Å². The van der Waals surface area contributed by atoms with E-state index in [1.165, 1.54) is 16.7 Å². The molecule has 0 unspecified atom stereocenters. The summed E-state index contributed by atoms with van der Waals surface area (Å²) in [6.07, 6.45) is -2.46. The van der Waals surface area contributed by atoms with E-state index >= 15 is 0 Å². The molecule has 0 aliphatic rings. The van der Waals surface area contributed by atoms with Crippen molar-refractivity contribution in [3.05, 3.63) is 219 Å². The lowest BCUT2D eigenvalue weighted by atomic mass is 9.99. The summed E-state index contributed by atoms with van der Waals surface area (Å²) in [4.78, 5) is 0. The predicted molar refractivity (Wildman–Crippen MR) is 353 cm³/mol. The summed E-state index contributed by atoms with van der Waals surface area (Å²) >= 11 is 38.9. The molecule has 0 fully saturated rings. The molecule has 7 rings (SSSR count). The zero-order valence-electron chi connectivity index (χ0n) is 50.3. The van der Waals surface area contributed by atoms with Crippen molar-refractivity contribution in [1.29, 1.82) is 0 Å². The van der Waals surface area contributed by atoms with E-state index in [1.54, 1.807) is 38.5 Å². The van der Waals surface area contributed by atoms with Crippen LogP contribution in [-0.2, 0) is 0 Å². The van der Waals surface area contributed by atoms with Gasteiger partial charge in [-0.1, -0.05) is 211 Å². The van der Waals surface area contributed by atoms with Crippen LogP contribution in [0.25, 0.3) is 0 Å². The fraction of sp³-hybridized carbons (Fsp3) is 0.382. The van der Waals surface area contributed by atoms with Gasteiger partial charge in [-0.3, -0.25) is 0 Å². The van der Waals surface area contributed by atoms with Crippen molar-refractivity contribution in [2.24, 2.45) is 0 Å². The van der Waals surface area contributed by atoms with Gasteiger partial charge >= 0.3 is 0 Å². The van der Waals surface area contributed by atoms with Gasteiger partial charge in [0.15, 0.2) is 0 Å². The highest BCUT2D eigenvalue weighted by atomic mass is 79.9. The van der Waals surface area contributed by atoms with Crippen LogP contribution in [0.15, 0.2) is 144 Å². The minimum Gasteiger partial charge on any atom is -0.497 e. The Morgan fingerprint density at radius 1 is 0.383 bits per heavy atom. The van der Waals surface area contributed by atoms with Crippen molar-refractivity contribution in [3.8, 4) is 23.0 Å². The average Bonchev–Trinajstić information content (AvgIpc) is 3.43. The Hall–Kier alpha value is -4.18. The summed E-state index contributed by atoms with van der Waals surface area (Å²) in [7, 11) is 3.35. The quantitative estimate of drug-likeness (QED) is 0.115. The lowest BCUT2D eigenvalue weighted by Gasteiger charge is -2.11. The number of rotatable bonds is 13. The molecule has 13 heteroatoms. The average molecular weight is 1300 g/mol. The number of methoxy groups -OCH3 is 2. The number of hydrogen-bond donors (Lipinski definition) is 0. The van der Waals surface area contributed by atoms with Crippen LogP contribution in [0.2, 0.25) is 30.1 Å². The van der Waals surface area contributed by atoms with Gasteiger partial charge in [0.2, 0.25) is 0 Å². The Balaban J connectivity index is 0.000000475. The minimum absolute atomic E-state index is 0.243. The molecule has 0 saturated carbocycles. The van der Waals surface area contributed by atoms with Crippen molar-refractivity contribution < 1.29 is 27.7 Å². The van der Waals surface area contributed by atoms with Crippen molar-refractivity contribution in [2.45, 2.75) is 146 Å². The molecule has 81 heavy (non-hydrogen) atoms. The molecule has 0 radical (unpaired) electrons. The lowest BCUT2D eigenvalue weighted by Crippen LogP contribution is -2.07. The Labute approximate surface area is 524 Å². The molecule has 0 aromatic heterocycles. The summed E-state index contributed by atoms with van der Waals surface area (Å²) in [5.74, 6) is 5.84. The van der Waals surface area contributed by atoms with Crippen molar-refractivity contribution >= 4 is 85.5 Å². The number of ether oxygens (including phenoxy) is 4. The zero-order valence-corrected chi connectivity index (χ0v) is 56.4. The smallest absolute Gasteiger partial charge is 0.272 e. The molecule has 4 nitrogen and oxygen atoms in total. The second-order valence-electron chi connectivity index (χ2n) is 20.5. The van der Waals surface area contributed by atoms with Gasteiger partial charge in [-0.05, 0) is 198 Å². The van der Waals surface area contributed by atoms with E-state index in [4.69, 9.17) is 88.6 Å². The largest absolute Gasteiger partial charge is 0.497 e. The fourth-order valence-corrected chi connectivity index (χ4v) is 9.72. The maximum Gasteiger partial charge on any atom is 0.272 e. The molecule has 0 heterocycles. The van der Waals surface area contributed by atoms with Gasteiger partial charge in [0.25, 0.3) is 6.43 Å². The first-order valence-corrected chi connectivity index (χ1v) is 30.2. The summed E-state index contributed by atoms with van der Waals surface area (Å²) < 4.78 is 45.5. The highest BCUT2D eigenvalue weighted by Gasteiger charge is 2.11. The van der Waals surface area contributed by atoms with E-state index in [2.05, 4.69) is 122 Å². The molecule has 0 N–H and O–H groups in total. The first-order chi connectivity index (χ1) is 38.1. The number of aryl methyl sites for hydroxylation is 2. The first-order valence-electron chi connectivity index (χ1n) is 27.1. The van der Waals surface area contributed by atoms with Gasteiger partial charge in [0.1, 0.15) is 29.6 Å². The van der Waals surface area contributed by atoms with E-state index in [0.29, 0.717) is 47.0 Å². The van der Waals surface area contributed by atoms with Gasteiger partial charge in [-0.15, -0.1) is 0 Å². The molecule has 7 aromatic rings. The molecule has 0 aliphatic heterocycles. The van der Waals surface area contributed by atoms with Crippen LogP contribution in [-0.4, -0.2) is 33.9 Å². The van der Waals surface area contributed by atoms with Crippen LogP contribution < -0.4 is 18.9 Å². The van der Waals surface area contributed by atoms with Gasteiger partial charge in [-0.25, -0.2) is 8.78 Å². The normalized spacial score (nSPS) is 10.5. The summed E-state index contributed by atoms with van der Waals surface area (Å²) in [6.45, 7) is 31.6. The maximum absolute atomic E-state index is 11.9. The molecule has 0 atom stereocenters. The van der Waals surface area contributed by atoms with Crippen molar-refractivity contribution in [2.75, 3.05) is 27.4 Å². The Morgan fingerprint density at radius 3 is 1.07 bits per heavy atom. The van der Waals surface area contributed by atoms with E-state index in [9.17, 15) is 8.78 Å². The van der Waals surface area contributed by atoms with E-state index < -0.39 is 13.0 Å². The highest BCUT2D eigenvalue weighted by Crippen LogP contribution is 2.32. The third-order valence-corrected chi connectivity index (χ3v) is 14.7. The van der Waals surface area contributed by atoms with Gasteiger partial charge in [-0.2, -0.15) is 0 Å². The molecule has 0 bridgehead atoms. The molecule has 0 saturated heterocycles. The maximum atomic E-state index is 11.9. The monoisotopic (exact) mass is 1290 g/mol. The number of halogens is 9. The fourth-order valence-electron chi connectivity index (χ4n) is 7.36. The summed E-state index contributed by atoms with van der Waals surface area (Å²) in [5, 5.41) is 4.65. The molecule has 0 amide bonds. The standard InChI is InChI=1S/C11H13ClF2O.C11H15ClO.C10H13BrO.C10H13ClO.C10H14.C9H10Cl2.C7H7Cl/c1-7(2)9-5-8(3-4-10(9)12)15-6-11(13)14;1-4-13-9-5-6-11(12)10(7-9)8(2)3;2*1-7(2)9-6-8(12-3)4-5-10(9)11;1-8(2)10-7-5-4-6-9(10)3;1-6(2)8-5-7(10)3-4-9(8)11;1-6-4-2-3-5-7(6)8/h3-5,7,11H,6H2,1-2H3;5-8H,4H2,1-3H3;2*4-7H,1-3H3;4-8H,1-3H3;3-6H,1-2H3;2-5H,1H3. The third kappa shape index (κ3) is 29.3. The third-order valence-electron chi connectivity index (χ3n) is 12.0. The minimum atomic E-state index is -2.46. The van der Waals surface area contributed by atoms with Crippen LogP contribution in [0.4, 0.5) is 8.78 Å². The van der Waals surface area contributed by atoms with Gasteiger partial charge in [0.05, 0.1) is 20.8 Å². The van der Waals surface area contributed by atoms with Crippen LogP contribution in [0, 0.1) is 13.8 Å². The molecule has 0 spiro atoms.